The number of urea groups is 1. The Morgan fingerprint density at radius 3 is 2.70 bits per heavy atom. The van der Waals surface area contributed by atoms with Crippen molar-refractivity contribution in [3.05, 3.63) is 53.1 Å². The van der Waals surface area contributed by atoms with E-state index in [1.54, 1.807) is 7.11 Å². The van der Waals surface area contributed by atoms with Crippen LogP contribution in [0, 0.1) is 6.92 Å². The number of methoxy groups -OCH3 is 1. The summed E-state index contributed by atoms with van der Waals surface area (Å²) in [5, 5.41) is 5.85. The van der Waals surface area contributed by atoms with Crippen molar-refractivity contribution < 1.29 is 19.0 Å². The van der Waals surface area contributed by atoms with Crippen LogP contribution in [0.15, 0.2) is 36.4 Å². The van der Waals surface area contributed by atoms with Crippen molar-refractivity contribution in [3.63, 3.8) is 0 Å². The molecular formula is C21H26N2O4. The molecule has 0 spiro atoms. The van der Waals surface area contributed by atoms with Gasteiger partial charge in [-0.05, 0) is 49.6 Å². The van der Waals surface area contributed by atoms with Gasteiger partial charge >= 0.3 is 6.03 Å². The smallest absolute Gasteiger partial charge is 0.315 e. The van der Waals surface area contributed by atoms with Crippen molar-refractivity contribution in [1.82, 2.24) is 10.6 Å². The predicted molar refractivity (Wildman–Crippen MR) is 104 cm³/mol. The number of carbonyl (C=O) groups excluding carboxylic acids is 1. The Kier molecular flexibility index (Phi) is 6.06. The Morgan fingerprint density at radius 1 is 1.15 bits per heavy atom. The highest BCUT2D eigenvalue weighted by Crippen LogP contribution is 2.32. The van der Waals surface area contributed by atoms with Crippen molar-refractivity contribution in [1.29, 1.82) is 0 Å². The van der Waals surface area contributed by atoms with Gasteiger partial charge in [-0.25, -0.2) is 4.79 Å². The van der Waals surface area contributed by atoms with E-state index in [0.717, 1.165) is 28.4 Å². The van der Waals surface area contributed by atoms with E-state index >= 15 is 0 Å². The minimum Gasteiger partial charge on any atom is -0.496 e. The summed E-state index contributed by atoms with van der Waals surface area (Å²) in [6.45, 7) is 5.61. The standard InChI is InChI=1S/C21H26N2O4/c1-14-4-6-18(25-3)17(12-14)8-9-22-21(24)23-15(2)16-5-7-19-20(13-16)27-11-10-26-19/h4-7,12-13,15H,8-11H2,1-3H3,(H2,22,23,24). The summed E-state index contributed by atoms with van der Waals surface area (Å²) in [6.07, 6.45) is 0.705. The summed E-state index contributed by atoms with van der Waals surface area (Å²) in [7, 11) is 1.66. The molecule has 2 N–H and O–H groups in total. The highest BCUT2D eigenvalue weighted by atomic mass is 16.6. The van der Waals surface area contributed by atoms with Gasteiger partial charge in [0, 0.05) is 6.54 Å². The van der Waals surface area contributed by atoms with Gasteiger partial charge in [0.15, 0.2) is 11.5 Å². The topological polar surface area (TPSA) is 68.8 Å². The van der Waals surface area contributed by atoms with Gasteiger partial charge in [-0.1, -0.05) is 23.8 Å². The fourth-order valence-electron chi connectivity index (χ4n) is 3.07. The largest absolute Gasteiger partial charge is 0.496 e. The van der Waals surface area contributed by atoms with Crippen LogP contribution >= 0.6 is 0 Å². The molecule has 6 nitrogen and oxygen atoms in total. The van der Waals surface area contributed by atoms with Crippen molar-refractivity contribution in [3.8, 4) is 17.2 Å². The monoisotopic (exact) mass is 370 g/mol. The van der Waals surface area contributed by atoms with Gasteiger partial charge in [0.05, 0.1) is 13.2 Å². The molecule has 3 rings (SSSR count). The van der Waals surface area contributed by atoms with Gasteiger partial charge in [-0.3, -0.25) is 0 Å². The molecule has 1 aliphatic heterocycles. The second kappa shape index (κ2) is 8.66. The molecule has 144 valence electrons. The summed E-state index contributed by atoms with van der Waals surface area (Å²) in [6, 6.07) is 11.4. The number of fused-ring (bicyclic) bond motifs is 1. The van der Waals surface area contributed by atoms with E-state index in [-0.39, 0.29) is 12.1 Å². The molecule has 2 aromatic carbocycles. The third kappa shape index (κ3) is 4.84. The van der Waals surface area contributed by atoms with Crippen LogP contribution in [0.25, 0.3) is 0 Å². The molecule has 0 fully saturated rings. The zero-order valence-corrected chi connectivity index (χ0v) is 16.0. The van der Waals surface area contributed by atoms with E-state index in [4.69, 9.17) is 14.2 Å². The molecule has 1 heterocycles. The lowest BCUT2D eigenvalue weighted by Crippen LogP contribution is -2.38. The maximum absolute atomic E-state index is 12.2. The maximum atomic E-state index is 12.2. The van der Waals surface area contributed by atoms with Crippen molar-refractivity contribution in [2.24, 2.45) is 0 Å². The van der Waals surface area contributed by atoms with Gasteiger partial charge in [0.25, 0.3) is 0 Å². The summed E-state index contributed by atoms with van der Waals surface area (Å²) in [5.74, 6) is 2.31. The van der Waals surface area contributed by atoms with Crippen LogP contribution in [-0.2, 0) is 6.42 Å². The van der Waals surface area contributed by atoms with E-state index in [1.807, 2.05) is 44.2 Å². The van der Waals surface area contributed by atoms with Crippen LogP contribution in [-0.4, -0.2) is 32.9 Å². The highest BCUT2D eigenvalue weighted by Gasteiger charge is 2.15. The Bertz CT molecular complexity index is 807. The number of nitrogens with one attached hydrogen (secondary N) is 2. The molecule has 1 aliphatic rings. The fourth-order valence-corrected chi connectivity index (χ4v) is 3.07. The Hall–Kier alpha value is -2.89. The number of rotatable bonds is 6. The molecule has 6 heteroatoms. The lowest BCUT2D eigenvalue weighted by Gasteiger charge is -2.21. The van der Waals surface area contributed by atoms with Gasteiger partial charge in [0.2, 0.25) is 0 Å². The van der Waals surface area contributed by atoms with E-state index in [1.165, 1.54) is 5.56 Å². The normalized spacial score (nSPS) is 13.6. The summed E-state index contributed by atoms with van der Waals surface area (Å²) >= 11 is 0. The first kappa shape index (κ1) is 18.9. The molecule has 0 aliphatic carbocycles. The molecule has 1 unspecified atom stereocenters. The number of hydrogen-bond donors (Lipinski definition) is 2. The maximum Gasteiger partial charge on any atom is 0.315 e. The lowest BCUT2D eigenvalue weighted by molar-refractivity contribution is 0.171. The summed E-state index contributed by atoms with van der Waals surface area (Å²) in [4.78, 5) is 12.2. The van der Waals surface area contributed by atoms with E-state index < -0.39 is 0 Å². The number of hydrogen-bond acceptors (Lipinski definition) is 4. The number of carbonyl (C=O) groups is 1. The fraction of sp³-hybridized carbons (Fsp3) is 0.381. The predicted octanol–water partition coefficient (Wildman–Crippen LogP) is 3.38. The third-order valence-electron chi connectivity index (χ3n) is 4.53. The first-order valence-electron chi connectivity index (χ1n) is 9.14. The van der Waals surface area contributed by atoms with Crippen LogP contribution in [0.1, 0.15) is 29.7 Å². The van der Waals surface area contributed by atoms with Crippen LogP contribution in [0.3, 0.4) is 0 Å². The SMILES string of the molecule is COc1ccc(C)cc1CCNC(=O)NC(C)c1ccc2c(c1)OCCO2. The first-order chi connectivity index (χ1) is 13.1. The lowest BCUT2D eigenvalue weighted by atomic mass is 10.1. The van der Waals surface area contributed by atoms with Crippen LogP contribution < -0.4 is 24.8 Å². The highest BCUT2D eigenvalue weighted by molar-refractivity contribution is 5.74. The van der Waals surface area contributed by atoms with Crippen molar-refractivity contribution in [2.75, 3.05) is 26.9 Å². The molecule has 1 atom stereocenters. The van der Waals surface area contributed by atoms with Gasteiger partial charge < -0.3 is 24.8 Å². The molecule has 2 aromatic rings. The second-order valence-corrected chi connectivity index (χ2v) is 6.59. The first-order valence-corrected chi connectivity index (χ1v) is 9.14. The average Bonchev–Trinajstić information content (AvgIpc) is 2.67. The van der Waals surface area contributed by atoms with E-state index in [9.17, 15) is 4.79 Å². The minimum atomic E-state index is -0.205. The number of aryl methyl sites for hydroxylation is 1. The quantitative estimate of drug-likeness (QED) is 0.818. The van der Waals surface area contributed by atoms with Gasteiger partial charge in [-0.15, -0.1) is 0 Å². The zero-order chi connectivity index (χ0) is 19.2. The van der Waals surface area contributed by atoms with Gasteiger partial charge in [-0.2, -0.15) is 0 Å². The molecule has 0 saturated carbocycles. The average molecular weight is 370 g/mol. The Labute approximate surface area is 159 Å². The molecule has 0 bridgehead atoms. The van der Waals surface area contributed by atoms with Crippen molar-refractivity contribution in [2.45, 2.75) is 26.3 Å². The number of ether oxygens (including phenoxy) is 3. The third-order valence-corrected chi connectivity index (χ3v) is 4.53. The second-order valence-electron chi connectivity index (χ2n) is 6.59. The Balaban J connectivity index is 1.51. The molecule has 0 aromatic heterocycles. The van der Waals surface area contributed by atoms with E-state index in [0.29, 0.717) is 26.2 Å². The molecule has 2 amide bonds. The van der Waals surface area contributed by atoms with Crippen LogP contribution in [0.4, 0.5) is 4.79 Å². The molecular weight excluding hydrogens is 344 g/mol. The summed E-state index contributed by atoms with van der Waals surface area (Å²) < 4.78 is 16.5. The molecule has 0 radical (unpaired) electrons. The zero-order valence-electron chi connectivity index (χ0n) is 16.0. The summed E-state index contributed by atoms with van der Waals surface area (Å²) in [5.41, 5.74) is 3.22. The van der Waals surface area contributed by atoms with Crippen LogP contribution in [0.2, 0.25) is 0 Å². The minimum absolute atomic E-state index is 0.144. The van der Waals surface area contributed by atoms with Crippen LogP contribution in [0.5, 0.6) is 17.2 Å². The molecule has 0 saturated heterocycles. The van der Waals surface area contributed by atoms with E-state index in [2.05, 4.69) is 16.7 Å². The number of benzene rings is 2. The number of amides is 2. The Morgan fingerprint density at radius 2 is 1.93 bits per heavy atom. The van der Waals surface area contributed by atoms with Crippen molar-refractivity contribution >= 4 is 6.03 Å². The van der Waals surface area contributed by atoms with Gasteiger partial charge in [0.1, 0.15) is 19.0 Å². The molecule has 27 heavy (non-hydrogen) atoms.